The molecule has 3 nitrogen and oxygen atoms in total. The van der Waals surface area contributed by atoms with Gasteiger partial charge in [0.05, 0.1) is 5.69 Å². The highest BCUT2D eigenvalue weighted by Crippen LogP contribution is 2.26. The fourth-order valence-electron chi connectivity index (χ4n) is 1.93. The average Bonchev–Trinajstić information content (AvgIpc) is 2.39. The molecule has 1 N–H and O–H groups in total. The highest BCUT2D eigenvalue weighted by molar-refractivity contribution is 9.10. The lowest BCUT2D eigenvalue weighted by atomic mass is 10.1. The molecule has 4 heteroatoms. The van der Waals surface area contributed by atoms with Crippen molar-refractivity contribution in [3.05, 3.63) is 52.6 Å². The molecule has 0 amide bonds. The van der Waals surface area contributed by atoms with E-state index in [0.29, 0.717) is 0 Å². The molecule has 0 bridgehead atoms. The summed E-state index contributed by atoms with van der Waals surface area (Å²) in [4.78, 5) is 6.41. The monoisotopic (exact) mass is 319 g/mol. The van der Waals surface area contributed by atoms with Crippen molar-refractivity contribution in [3.63, 3.8) is 0 Å². The first-order valence-corrected chi connectivity index (χ1v) is 7.01. The third kappa shape index (κ3) is 3.47. The molecule has 0 spiro atoms. The molecule has 0 saturated heterocycles. The van der Waals surface area contributed by atoms with E-state index in [1.807, 2.05) is 31.3 Å². The number of benzene rings is 1. The molecule has 2 rings (SSSR count). The fourth-order valence-corrected chi connectivity index (χ4v) is 2.20. The zero-order valence-corrected chi connectivity index (χ0v) is 13.0. The number of halogens is 1. The zero-order chi connectivity index (χ0) is 13.8. The number of aromatic nitrogens is 1. The van der Waals surface area contributed by atoms with Gasteiger partial charge in [-0.15, -0.1) is 0 Å². The number of pyridine rings is 1. The Labute approximate surface area is 122 Å². The van der Waals surface area contributed by atoms with Gasteiger partial charge in [0.25, 0.3) is 0 Å². The molecule has 2 aromatic rings. The molecule has 0 radical (unpaired) electrons. The van der Waals surface area contributed by atoms with E-state index in [2.05, 4.69) is 63.5 Å². The number of hydrogen-bond donors (Lipinski definition) is 1. The summed E-state index contributed by atoms with van der Waals surface area (Å²) in [6, 6.07) is 12.6. The molecule has 0 fully saturated rings. The maximum atomic E-state index is 4.39. The molecule has 19 heavy (non-hydrogen) atoms. The molecule has 0 aliphatic heterocycles. The van der Waals surface area contributed by atoms with Gasteiger partial charge >= 0.3 is 0 Å². The zero-order valence-electron chi connectivity index (χ0n) is 11.4. The summed E-state index contributed by atoms with van der Waals surface area (Å²) in [5, 5.41) is 3.51. The van der Waals surface area contributed by atoms with E-state index < -0.39 is 0 Å². The standard InChI is InChI=1S/C15H18BrN3/c1-11(12-6-8-13(16)9-7-12)18-14-5-4-10-17-15(14)19(2)3/h4-11,18H,1-3H3. The van der Waals surface area contributed by atoms with Gasteiger partial charge in [-0.05, 0) is 36.8 Å². The van der Waals surface area contributed by atoms with Crippen LogP contribution in [0.2, 0.25) is 0 Å². The minimum absolute atomic E-state index is 0.232. The highest BCUT2D eigenvalue weighted by Gasteiger charge is 2.10. The topological polar surface area (TPSA) is 28.2 Å². The minimum atomic E-state index is 0.232. The summed E-state index contributed by atoms with van der Waals surface area (Å²) >= 11 is 3.45. The first-order chi connectivity index (χ1) is 9.08. The first-order valence-electron chi connectivity index (χ1n) is 6.22. The Morgan fingerprint density at radius 1 is 1.16 bits per heavy atom. The van der Waals surface area contributed by atoms with Gasteiger partial charge in [0, 0.05) is 30.8 Å². The molecular formula is C15H18BrN3. The van der Waals surface area contributed by atoms with Gasteiger partial charge in [0.2, 0.25) is 0 Å². The molecule has 1 unspecified atom stereocenters. The van der Waals surface area contributed by atoms with E-state index in [1.165, 1.54) is 5.56 Å². The molecule has 1 heterocycles. The Morgan fingerprint density at radius 3 is 2.47 bits per heavy atom. The van der Waals surface area contributed by atoms with E-state index in [0.717, 1.165) is 16.0 Å². The van der Waals surface area contributed by atoms with E-state index in [-0.39, 0.29) is 6.04 Å². The van der Waals surface area contributed by atoms with Crippen LogP contribution in [0.15, 0.2) is 47.1 Å². The van der Waals surface area contributed by atoms with Crippen molar-refractivity contribution in [2.45, 2.75) is 13.0 Å². The number of nitrogens with zero attached hydrogens (tertiary/aromatic N) is 2. The molecule has 0 saturated carbocycles. The second kappa shape index (κ2) is 6.06. The van der Waals surface area contributed by atoms with Crippen molar-refractivity contribution >= 4 is 27.4 Å². The fraction of sp³-hybridized carbons (Fsp3) is 0.267. The maximum Gasteiger partial charge on any atom is 0.151 e. The minimum Gasteiger partial charge on any atom is -0.376 e. The lowest BCUT2D eigenvalue weighted by molar-refractivity contribution is 0.879. The van der Waals surface area contributed by atoms with E-state index in [1.54, 1.807) is 0 Å². The lowest BCUT2D eigenvalue weighted by Gasteiger charge is -2.21. The predicted octanol–water partition coefficient (Wildman–Crippen LogP) is 4.08. The average molecular weight is 320 g/mol. The van der Waals surface area contributed by atoms with Gasteiger partial charge in [-0.2, -0.15) is 0 Å². The van der Waals surface area contributed by atoms with Gasteiger partial charge in [-0.1, -0.05) is 28.1 Å². The number of rotatable bonds is 4. The summed E-state index contributed by atoms with van der Waals surface area (Å²) in [6.07, 6.45) is 1.81. The van der Waals surface area contributed by atoms with Gasteiger partial charge < -0.3 is 10.2 Å². The van der Waals surface area contributed by atoms with Crippen molar-refractivity contribution < 1.29 is 0 Å². The van der Waals surface area contributed by atoms with Crippen molar-refractivity contribution in [2.75, 3.05) is 24.3 Å². The molecule has 0 aliphatic rings. The third-order valence-electron chi connectivity index (χ3n) is 2.95. The van der Waals surface area contributed by atoms with Crippen LogP contribution in [0.5, 0.6) is 0 Å². The van der Waals surface area contributed by atoms with Crippen LogP contribution in [0, 0.1) is 0 Å². The van der Waals surface area contributed by atoms with Gasteiger partial charge in [0.15, 0.2) is 5.82 Å². The van der Waals surface area contributed by atoms with Crippen LogP contribution in [0.3, 0.4) is 0 Å². The molecule has 1 aromatic heterocycles. The van der Waals surface area contributed by atoms with Gasteiger partial charge in [-0.25, -0.2) is 4.98 Å². The predicted molar refractivity (Wildman–Crippen MR) is 84.7 cm³/mol. The van der Waals surface area contributed by atoms with Gasteiger partial charge in [0.1, 0.15) is 0 Å². The van der Waals surface area contributed by atoms with Crippen molar-refractivity contribution in [1.29, 1.82) is 0 Å². The highest BCUT2D eigenvalue weighted by atomic mass is 79.9. The van der Waals surface area contributed by atoms with Crippen LogP contribution in [0.25, 0.3) is 0 Å². The second-order valence-electron chi connectivity index (χ2n) is 4.69. The van der Waals surface area contributed by atoms with Crippen LogP contribution in [0.1, 0.15) is 18.5 Å². The summed E-state index contributed by atoms with van der Waals surface area (Å²) < 4.78 is 1.10. The van der Waals surface area contributed by atoms with E-state index >= 15 is 0 Å². The second-order valence-corrected chi connectivity index (χ2v) is 5.60. The maximum absolute atomic E-state index is 4.39. The summed E-state index contributed by atoms with van der Waals surface area (Å²) in [5.74, 6) is 0.950. The number of anilines is 2. The summed E-state index contributed by atoms with van der Waals surface area (Å²) in [7, 11) is 4.00. The molecular weight excluding hydrogens is 302 g/mol. The van der Waals surface area contributed by atoms with Crippen LogP contribution in [-0.2, 0) is 0 Å². The quantitative estimate of drug-likeness (QED) is 0.920. The molecule has 100 valence electrons. The third-order valence-corrected chi connectivity index (χ3v) is 3.48. The Kier molecular flexibility index (Phi) is 4.43. The van der Waals surface area contributed by atoms with Crippen LogP contribution in [0.4, 0.5) is 11.5 Å². The largest absolute Gasteiger partial charge is 0.376 e. The summed E-state index contributed by atoms with van der Waals surface area (Å²) in [5.41, 5.74) is 2.29. The van der Waals surface area contributed by atoms with Crippen molar-refractivity contribution in [3.8, 4) is 0 Å². The Hall–Kier alpha value is -1.55. The molecule has 0 aliphatic carbocycles. The Morgan fingerprint density at radius 2 is 1.84 bits per heavy atom. The van der Waals surface area contributed by atoms with Crippen LogP contribution >= 0.6 is 15.9 Å². The SMILES string of the molecule is CC(Nc1cccnc1N(C)C)c1ccc(Br)cc1. The summed E-state index contributed by atoms with van der Waals surface area (Å²) in [6.45, 7) is 2.15. The van der Waals surface area contributed by atoms with Crippen LogP contribution < -0.4 is 10.2 Å². The number of hydrogen-bond acceptors (Lipinski definition) is 3. The normalized spacial score (nSPS) is 12.0. The van der Waals surface area contributed by atoms with Crippen molar-refractivity contribution in [1.82, 2.24) is 4.98 Å². The Bertz CT molecular complexity index is 537. The van der Waals surface area contributed by atoms with Crippen molar-refractivity contribution in [2.24, 2.45) is 0 Å². The van der Waals surface area contributed by atoms with Gasteiger partial charge in [-0.3, -0.25) is 0 Å². The van der Waals surface area contributed by atoms with Crippen LogP contribution in [-0.4, -0.2) is 19.1 Å². The Balaban J connectivity index is 2.19. The van der Waals surface area contributed by atoms with E-state index in [9.17, 15) is 0 Å². The molecule has 1 aromatic carbocycles. The lowest BCUT2D eigenvalue weighted by Crippen LogP contribution is -2.15. The van der Waals surface area contributed by atoms with E-state index in [4.69, 9.17) is 0 Å². The smallest absolute Gasteiger partial charge is 0.151 e. The first kappa shape index (κ1) is 13.9. The number of nitrogens with one attached hydrogen (secondary N) is 1. The molecule has 1 atom stereocenters.